The van der Waals surface area contributed by atoms with E-state index in [0.29, 0.717) is 24.3 Å². The minimum absolute atomic E-state index is 0.0110. The van der Waals surface area contributed by atoms with Crippen LogP contribution in [-0.2, 0) is 0 Å². The molecule has 308 valence electrons. The van der Waals surface area contributed by atoms with Crippen LogP contribution in [0.4, 0.5) is 0 Å². The third kappa shape index (κ3) is 27.9. The first-order chi connectivity index (χ1) is 26.7. The van der Waals surface area contributed by atoms with Crippen LogP contribution in [0.5, 0.6) is 11.5 Å². The lowest BCUT2D eigenvalue weighted by Gasteiger charge is -2.10. The van der Waals surface area contributed by atoms with E-state index in [-0.39, 0.29) is 5.78 Å². The van der Waals surface area contributed by atoms with Crippen LogP contribution in [0.25, 0.3) is 0 Å². The minimum atomic E-state index is 0.0110. The fourth-order valence-electron chi connectivity index (χ4n) is 7.38. The van der Waals surface area contributed by atoms with Gasteiger partial charge in [-0.05, 0) is 61.5 Å². The van der Waals surface area contributed by atoms with Gasteiger partial charge in [0.25, 0.3) is 0 Å². The van der Waals surface area contributed by atoms with Crippen molar-refractivity contribution in [3.63, 3.8) is 0 Å². The Morgan fingerprint density at radius 3 is 0.852 bits per heavy atom. The van der Waals surface area contributed by atoms with E-state index < -0.39 is 0 Å². The second-order valence-corrected chi connectivity index (χ2v) is 16.7. The SMILES string of the molecule is O=C(c1cccc(OCCCCCCCCCCCCCCCCCCS)c1)c1cccc(OCCCCCCCCCCCCCCCCCCS)c1. The van der Waals surface area contributed by atoms with Crippen molar-refractivity contribution in [1.29, 1.82) is 0 Å². The minimum Gasteiger partial charge on any atom is -0.494 e. The molecule has 0 bridgehead atoms. The number of benzene rings is 2. The number of carbonyl (C=O) groups excluding carboxylic acids is 1. The lowest BCUT2D eigenvalue weighted by atomic mass is 10.0. The van der Waals surface area contributed by atoms with Crippen molar-refractivity contribution in [2.75, 3.05) is 24.7 Å². The molecule has 54 heavy (non-hydrogen) atoms. The Kier molecular flexibility index (Phi) is 33.3. The van der Waals surface area contributed by atoms with Crippen LogP contribution < -0.4 is 9.47 Å². The highest BCUT2D eigenvalue weighted by Gasteiger charge is 2.11. The topological polar surface area (TPSA) is 35.5 Å². The van der Waals surface area contributed by atoms with Gasteiger partial charge in [-0.25, -0.2) is 0 Å². The Labute approximate surface area is 345 Å². The van der Waals surface area contributed by atoms with Crippen LogP contribution in [0.2, 0.25) is 0 Å². The van der Waals surface area contributed by atoms with Gasteiger partial charge in [-0.2, -0.15) is 25.3 Å². The Balaban J connectivity index is 1.45. The summed E-state index contributed by atoms with van der Waals surface area (Å²) in [5.41, 5.74) is 1.33. The molecule has 0 unspecified atom stereocenters. The molecule has 0 saturated heterocycles. The van der Waals surface area contributed by atoms with Crippen molar-refractivity contribution < 1.29 is 14.3 Å². The molecule has 0 saturated carbocycles. The Hall–Kier alpha value is -1.59. The van der Waals surface area contributed by atoms with Gasteiger partial charge in [0.15, 0.2) is 5.78 Å². The standard InChI is InChI=1S/C49H82O3S2/c50-49(45-35-33-37-47(43-45)51-39-29-25-21-17-13-9-5-1-3-7-11-15-19-23-27-31-41-53)46-36-34-38-48(44-46)52-40-30-26-22-18-14-10-6-2-4-8-12-16-20-24-28-32-42-54/h33-38,43-44,53-54H,1-32,39-42H2. The molecule has 0 aliphatic carbocycles. The maximum Gasteiger partial charge on any atom is 0.193 e. The Morgan fingerprint density at radius 2 is 0.593 bits per heavy atom. The average Bonchev–Trinajstić information content (AvgIpc) is 3.20. The number of hydrogen-bond donors (Lipinski definition) is 2. The summed E-state index contributed by atoms with van der Waals surface area (Å²) in [5, 5.41) is 0. The first kappa shape index (κ1) is 48.6. The Bertz CT molecular complexity index is 1040. The quantitative estimate of drug-likeness (QED) is 0.0401. The van der Waals surface area contributed by atoms with Gasteiger partial charge in [0.1, 0.15) is 11.5 Å². The Morgan fingerprint density at radius 1 is 0.352 bits per heavy atom. The van der Waals surface area contributed by atoms with Gasteiger partial charge in [-0.3, -0.25) is 4.79 Å². The highest BCUT2D eigenvalue weighted by molar-refractivity contribution is 7.80. The number of thiol groups is 2. The fraction of sp³-hybridized carbons (Fsp3) is 0.735. The van der Waals surface area contributed by atoms with Crippen LogP contribution in [0.15, 0.2) is 48.5 Å². The summed E-state index contributed by atoms with van der Waals surface area (Å²) in [6.45, 7) is 1.40. The zero-order valence-electron chi connectivity index (χ0n) is 34.7. The van der Waals surface area contributed by atoms with Gasteiger partial charge >= 0.3 is 0 Å². The molecule has 2 aromatic carbocycles. The van der Waals surface area contributed by atoms with E-state index >= 15 is 0 Å². The first-order valence-corrected chi connectivity index (χ1v) is 24.2. The molecule has 0 aromatic heterocycles. The molecule has 5 heteroatoms. The zero-order valence-corrected chi connectivity index (χ0v) is 36.5. The molecule has 0 atom stereocenters. The second kappa shape index (κ2) is 37.0. The predicted octanol–water partition coefficient (Wildman–Crippen LogP) is 16.0. The molecule has 0 spiro atoms. The molecule has 2 rings (SSSR count). The lowest BCUT2D eigenvalue weighted by Crippen LogP contribution is -2.04. The van der Waals surface area contributed by atoms with E-state index in [1.165, 1.54) is 193 Å². The zero-order chi connectivity index (χ0) is 38.4. The second-order valence-electron chi connectivity index (χ2n) is 15.8. The van der Waals surface area contributed by atoms with Crippen LogP contribution in [0.1, 0.15) is 221 Å². The summed E-state index contributed by atoms with van der Waals surface area (Å²) < 4.78 is 12.1. The average molecular weight is 783 g/mol. The summed E-state index contributed by atoms with van der Waals surface area (Å²) in [6, 6.07) is 15.3. The van der Waals surface area contributed by atoms with Crippen molar-refractivity contribution >= 4 is 31.0 Å². The van der Waals surface area contributed by atoms with Crippen molar-refractivity contribution in [1.82, 2.24) is 0 Å². The number of ketones is 1. The molecule has 0 aliphatic rings. The maximum absolute atomic E-state index is 13.3. The molecular weight excluding hydrogens is 701 g/mol. The number of ether oxygens (including phenoxy) is 2. The molecule has 0 fully saturated rings. The van der Waals surface area contributed by atoms with E-state index in [0.717, 1.165) is 35.8 Å². The molecular formula is C49H82O3S2. The predicted molar refractivity (Wildman–Crippen MR) is 243 cm³/mol. The van der Waals surface area contributed by atoms with Gasteiger partial charge in [0.2, 0.25) is 0 Å². The van der Waals surface area contributed by atoms with E-state index in [4.69, 9.17) is 9.47 Å². The normalized spacial score (nSPS) is 11.3. The van der Waals surface area contributed by atoms with Crippen molar-refractivity contribution in [3.05, 3.63) is 59.7 Å². The first-order valence-electron chi connectivity index (χ1n) is 23.0. The van der Waals surface area contributed by atoms with Crippen LogP contribution in [0.3, 0.4) is 0 Å². The molecule has 0 radical (unpaired) electrons. The van der Waals surface area contributed by atoms with Crippen molar-refractivity contribution in [3.8, 4) is 11.5 Å². The van der Waals surface area contributed by atoms with Crippen LogP contribution in [0, 0.1) is 0 Å². The van der Waals surface area contributed by atoms with Gasteiger partial charge in [-0.15, -0.1) is 0 Å². The van der Waals surface area contributed by atoms with Gasteiger partial charge < -0.3 is 9.47 Å². The van der Waals surface area contributed by atoms with E-state index in [1.54, 1.807) is 0 Å². The van der Waals surface area contributed by atoms with Crippen molar-refractivity contribution in [2.45, 2.75) is 205 Å². The van der Waals surface area contributed by atoms with Gasteiger partial charge in [0, 0.05) is 11.1 Å². The molecule has 3 nitrogen and oxygen atoms in total. The third-order valence-corrected chi connectivity index (χ3v) is 11.5. The summed E-state index contributed by atoms with van der Waals surface area (Å²) in [6.07, 6.45) is 43.1. The fourth-order valence-corrected chi connectivity index (χ4v) is 7.83. The largest absolute Gasteiger partial charge is 0.494 e. The third-order valence-electron chi connectivity index (χ3n) is 10.8. The van der Waals surface area contributed by atoms with Gasteiger partial charge in [-0.1, -0.05) is 204 Å². The van der Waals surface area contributed by atoms with E-state index in [1.807, 2.05) is 48.5 Å². The highest BCUT2D eigenvalue weighted by Crippen LogP contribution is 2.21. The number of hydrogen-bond acceptors (Lipinski definition) is 5. The molecule has 0 aliphatic heterocycles. The number of rotatable bonds is 40. The molecule has 0 amide bonds. The summed E-state index contributed by atoms with van der Waals surface area (Å²) >= 11 is 8.58. The number of unbranched alkanes of at least 4 members (excludes halogenated alkanes) is 30. The maximum atomic E-state index is 13.3. The van der Waals surface area contributed by atoms with Gasteiger partial charge in [0.05, 0.1) is 13.2 Å². The molecule has 2 aromatic rings. The monoisotopic (exact) mass is 783 g/mol. The summed E-state index contributed by atoms with van der Waals surface area (Å²) in [5.74, 6) is 3.65. The smallest absolute Gasteiger partial charge is 0.193 e. The summed E-state index contributed by atoms with van der Waals surface area (Å²) in [7, 11) is 0. The van der Waals surface area contributed by atoms with Crippen molar-refractivity contribution in [2.24, 2.45) is 0 Å². The summed E-state index contributed by atoms with van der Waals surface area (Å²) in [4.78, 5) is 13.3. The van der Waals surface area contributed by atoms with Crippen LogP contribution in [-0.4, -0.2) is 30.5 Å². The van der Waals surface area contributed by atoms with E-state index in [2.05, 4.69) is 25.3 Å². The number of carbonyl (C=O) groups is 1. The lowest BCUT2D eigenvalue weighted by molar-refractivity contribution is 0.103. The van der Waals surface area contributed by atoms with E-state index in [9.17, 15) is 4.79 Å². The molecule has 0 heterocycles. The van der Waals surface area contributed by atoms with Crippen LogP contribution >= 0.6 is 25.3 Å². The molecule has 0 N–H and O–H groups in total. The highest BCUT2D eigenvalue weighted by atomic mass is 32.1.